The first-order chi connectivity index (χ1) is 11.8. The van der Waals surface area contributed by atoms with Crippen molar-refractivity contribution in [3.63, 3.8) is 0 Å². The highest BCUT2D eigenvalue weighted by Crippen LogP contribution is 2.35. The molecule has 1 saturated heterocycles. The maximum atomic E-state index is 5.81. The van der Waals surface area contributed by atoms with Crippen LogP contribution in [0.5, 0.6) is 0 Å². The number of nitrogens with zero attached hydrogens (tertiary/aromatic N) is 4. The second-order valence-corrected chi connectivity index (χ2v) is 9.09. The van der Waals surface area contributed by atoms with Crippen LogP contribution in [-0.2, 0) is 16.7 Å². The Morgan fingerprint density at radius 1 is 1.28 bits per heavy atom. The van der Waals surface area contributed by atoms with E-state index in [0.29, 0.717) is 5.89 Å². The van der Waals surface area contributed by atoms with Gasteiger partial charge in [0.2, 0.25) is 5.89 Å². The summed E-state index contributed by atoms with van der Waals surface area (Å²) in [5.41, 5.74) is 2.15. The molecule has 2 aromatic rings. The zero-order valence-electron chi connectivity index (χ0n) is 16.0. The molecule has 1 aliphatic rings. The molecule has 0 unspecified atom stereocenters. The SMILES string of the molecule is Cc1nc(S[C@H](C)c2nc(C(C)(C)C)no2)n(C[C@H]2CCCO2)c1C. The van der Waals surface area contributed by atoms with Gasteiger partial charge in [-0.3, -0.25) is 0 Å². The summed E-state index contributed by atoms with van der Waals surface area (Å²) >= 11 is 1.67. The van der Waals surface area contributed by atoms with Crippen LogP contribution in [0, 0.1) is 13.8 Å². The highest BCUT2D eigenvalue weighted by atomic mass is 32.2. The number of hydrogen-bond acceptors (Lipinski definition) is 6. The Balaban J connectivity index is 1.77. The van der Waals surface area contributed by atoms with Crippen molar-refractivity contribution in [1.29, 1.82) is 0 Å². The molecule has 7 heteroatoms. The largest absolute Gasteiger partial charge is 0.376 e. The Bertz CT molecular complexity index is 726. The summed E-state index contributed by atoms with van der Waals surface area (Å²) < 4.78 is 13.6. The van der Waals surface area contributed by atoms with Crippen molar-refractivity contribution in [2.45, 2.75) is 82.9 Å². The van der Waals surface area contributed by atoms with Crippen molar-refractivity contribution in [1.82, 2.24) is 19.7 Å². The molecule has 6 nitrogen and oxygen atoms in total. The number of ether oxygens (including phenoxy) is 1. The lowest BCUT2D eigenvalue weighted by Gasteiger charge is -2.15. The van der Waals surface area contributed by atoms with Crippen LogP contribution in [0.3, 0.4) is 0 Å². The van der Waals surface area contributed by atoms with Gasteiger partial charge in [-0.2, -0.15) is 4.98 Å². The van der Waals surface area contributed by atoms with Gasteiger partial charge >= 0.3 is 0 Å². The van der Waals surface area contributed by atoms with E-state index in [0.717, 1.165) is 42.7 Å². The molecular weight excluding hydrogens is 336 g/mol. The van der Waals surface area contributed by atoms with Crippen molar-refractivity contribution in [3.05, 3.63) is 23.1 Å². The molecule has 0 saturated carbocycles. The van der Waals surface area contributed by atoms with Crippen LogP contribution in [0.25, 0.3) is 0 Å². The lowest BCUT2D eigenvalue weighted by molar-refractivity contribution is 0.0944. The summed E-state index contributed by atoms with van der Waals surface area (Å²) in [4.78, 5) is 9.33. The Kier molecular flexibility index (Phi) is 5.25. The van der Waals surface area contributed by atoms with E-state index in [1.165, 1.54) is 5.69 Å². The molecule has 1 fully saturated rings. The van der Waals surface area contributed by atoms with Gasteiger partial charge in [-0.15, -0.1) is 0 Å². The topological polar surface area (TPSA) is 66.0 Å². The first-order valence-electron chi connectivity index (χ1n) is 8.91. The second kappa shape index (κ2) is 7.11. The van der Waals surface area contributed by atoms with Gasteiger partial charge in [-0.25, -0.2) is 4.98 Å². The molecule has 1 aliphatic heterocycles. The molecule has 2 atom stereocenters. The van der Waals surface area contributed by atoms with Gasteiger partial charge in [0, 0.05) is 17.7 Å². The third-order valence-corrected chi connectivity index (χ3v) is 5.65. The Morgan fingerprint density at radius 2 is 2.04 bits per heavy atom. The Morgan fingerprint density at radius 3 is 2.64 bits per heavy atom. The minimum atomic E-state index is -0.113. The molecule has 2 aromatic heterocycles. The predicted octanol–water partition coefficient (Wildman–Crippen LogP) is 4.21. The monoisotopic (exact) mass is 364 g/mol. The summed E-state index contributed by atoms with van der Waals surface area (Å²) in [7, 11) is 0. The summed E-state index contributed by atoms with van der Waals surface area (Å²) in [6.45, 7) is 14.2. The Hall–Kier alpha value is -1.34. The summed E-state index contributed by atoms with van der Waals surface area (Å²) in [6, 6.07) is 0. The standard InChI is InChI=1S/C18H28N4O2S/c1-11-12(2)22(10-14-8-7-9-23-14)17(19-11)25-13(3)15-20-16(21-24-15)18(4,5)6/h13-14H,7-10H2,1-6H3/t13-,14-/m1/s1. The molecule has 0 aliphatic carbocycles. The van der Waals surface area contributed by atoms with E-state index in [-0.39, 0.29) is 16.8 Å². The van der Waals surface area contributed by atoms with Crippen molar-refractivity contribution in [2.24, 2.45) is 0 Å². The predicted molar refractivity (Wildman–Crippen MR) is 97.9 cm³/mol. The molecule has 0 N–H and O–H groups in total. The van der Waals surface area contributed by atoms with E-state index in [2.05, 4.69) is 56.3 Å². The number of aromatic nitrogens is 4. The molecule has 0 aromatic carbocycles. The van der Waals surface area contributed by atoms with Gasteiger partial charge in [-0.05, 0) is 33.6 Å². The number of imidazole rings is 1. The lowest BCUT2D eigenvalue weighted by Crippen LogP contribution is -2.17. The number of aryl methyl sites for hydroxylation is 1. The van der Waals surface area contributed by atoms with Crippen LogP contribution >= 0.6 is 11.8 Å². The van der Waals surface area contributed by atoms with Crippen LogP contribution in [0.2, 0.25) is 0 Å². The molecule has 3 rings (SSSR count). The van der Waals surface area contributed by atoms with Crippen molar-refractivity contribution < 1.29 is 9.26 Å². The zero-order valence-corrected chi connectivity index (χ0v) is 16.8. The first kappa shape index (κ1) is 18.5. The number of thioether (sulfide) groups is 1. The summed E-state index contributed by atoms with van der Waals surface area (Å²) in [5, 5.41) is 5.17. The second-order valence-electron chi connectivity index (χ2n) is 7.78. The van der Waals surface area contributed by atoms with Crippen LogP contribution in [0.15, 0.2) is 9.68 Å². The van der Waals surface area contributed by atoms with Gasteiger partial charge in [-0.1, -0.05) is 37.7 Å². The van der Waals surface area contributed by atoms with Gasteiger partial charge in [0.05, 0.1) is 23.6 Å². The molecule has 138 valence electrons. The van der Waals surface area contributed by atoms with E-state index in [9.17, 15) is 0 Å². The molecule has 0 amide bonds. The average Bonchev–Trinajstić information content (AvgIpc) is 3.25. The van der Waals surface area contributed by atoms with Gasteiger partial charge in [0.25, 0.3) is 0 Å². The van der Waals surface area contributed by atoms with Crippen LogP contribution in [0.4, 0.5) is 0 Å². The molecular formula is C18H28N4O2S. The fourth-order valence-corrected chi connectivity index (χ4v) is 3.88. The van der Waals surface area contributed by atoms with Gasteiger partial charge < -0.3 is 13.8 Å². The normalized spacial score (nSPS) is 19.5. The molecule has 3 heterocycles. The van der Waals surface area contributed by atoms with Crippen LogP contribution in [0.1, 0.15) is 68.9 Å². The number of rotatable bonds is 5. The molecule has 25 heavy (non-hydrogen) atoms. The van der Waals surface area contributed by atoms with E-state index < -0.39 is 0 Å². The van der Waals surface area contributed by atoms with Crippen molar-refractivity contribution in [2.75, 3.05) is 6.61 Å². The zero-order chi connectivity index (χ0) is 18.2. The lowest BCUT2D eigenvalue weighted by atomic mass is 9.96. The molecule has 0 radical (unpaired) electrons. The minimum Gasteiger partial charge on any atom is -0.376 e. The quantitative estimate of drug-likeness (QED) is 0.740. The van der Waals surface area contributed by atoms with Gasteiger partial charge in [0.15, 0.2) is 11.0 Å². The van der Waals surface area contributed by atoms with E-state index >= 15 is 0 Å². The molecule has 0 bridgehead atoms. The van der Waals surface area contributed by atoms with E-state index in [4.69, 9.17) is 14.2 Å². The average molecular weight is 365 g/mol. The van der Waals surface area contributed by atoms with Crippen molar-refractivity contribution >= 4 is 11.8 Å². The fraction of sp³-hybridized carbons (Fsp3) is 0.722. The smallest absolute Gasteiger partial charge is 0.239 e. The maximum absolute atomic E-state index is 5.81. The first-order valence-corrected chi connectivity index (χ1v) is 9.79. The minimum absolute atomic E-state index is 0.0491. The van der Waals surface area contributed by atoms with E-state index in [1.54, 1.807) is 11.8 Å². The van der Waals surface area contributed by atoms with E-state index in [1.807, 2.05) is 0 Å². The van der Waals surface area contributed by atoms with Crippen LogP contribution < -0.4 is 0 Å². The van der Waals surface area contributed by atoms with Crippen molar-refractivity contribution in [3.8, 4) is 0 Å². The fourth-order valence-electron chi connectivity index (χ4n) is 2.83. The third kappa shape index (κ3) is 4.08. The van der Waals surface area contributed by atoms with Gasteiger partial charge in [0.1, 0.15) is 0 Å². The third-order valence-electron chi connectivity index (χ3n) is 4.58. The Labute approximate surface area is 153 Å². The highest BCUT2D eigenvalue weighted by molar-refractivity contribution is 7.99. The van der Waals surface area contributed by atoms with Crippen LogP contribution in [-0.4, -0.2) is 32.4 Å². The number of hydrogen-bond donors (Lipinski definition) is 0. The summed E-state index contributed by atoms with van der Waals surface area (Å²) in [6.07, 6.45) is 2.56. The highest BCUT2D eigenvalue weighted by Gasteiger charge is 2.26. The summed E-state index contributed by atoms with van der Waals surface area (Å²) in [5.74, 6) is 1.39. The molecule has 0 spiro atoms. The maximum Gasteiger partial charge on any atom is 0.239 e.